The fraction of sp³-hybridized carbons (Fsp3) is 1.00. The van der Waals surface area contributed by atoms with Crippen LogP contribution in [0.2, 0.25) is 0 Å². The monoisotopic (exact) mass is 300 g/mol. The molecule has 0 saturated heterocycles. The van der Waals surface area contributed by atoms with Gasteiger partial charge in [0.05, 0.1) is 0 Å². The van der Waals surface area contributed by atoms with Crippen molar-refractivity contribution in [1.29, 1.82) is 0 Å². The maximum Gasteiger partial charge on any atom is 0.426 e. The summed E-state index contributed by atoms with van der Waals surface area (Å²) in [5.41, 5.74) is -4.84. The number of hydrogen-bond donors (Lipinski definition) is 1. The van der Waals surface area contributed by atoms with Crippen LogP contribution in [-0.4, -0.2) is 23.1 Å². The number of hydrogen-bond acceptors (Lipinski definition) is 1. The minimum atomic E-state index is -5.67. The van der Waals surface area contributed by atoms with E-state index in [0.29, 0.717) is 18.3 Å². The first-order valence-corrected chi connectivity index (χ1v) is 6.81. The molecule has 4 aliphatic rings. The van der Waals surface area contributed by atoms with Gasteiger partial charge in [-0.15, -0.1) is 0 Å². The predicted octanol–water partition coefficient (Wildman–Crippen LogP) is 3.67. The molecule has 20 heavy (non-hydrogen) atoms. The van der Waals surface area contributed by atoms with Gasteiger partial charge < -0.3 is 5.11 Å². The molecule has 5 unspecified atom stereocenters. The Labute approximate surface area is 111 Å². The SMILES string of the molecule is OC(CC1CC23CC2C2CC12C3)(C(F)(F)F)C(F)(F)F. The van der Waals surface area contributed by atoms with Crippen LogP contribution < -0.4 is 0 Å². The Hall–Kier alpha value is -0.460. The van der Waals surface area contributed by atoms with Crippen molar-refractivity contribution in [2.45, 2.75) is 50.1 Å². The molecule has 2 spiro atoms. The molecule has 0 heterocycles. The van der Waals surface area contributed by atoms with Crippen molar-refractivity contribution in [2.75, 3.05) is 0 Å². The van der Waals surface area contributed by atoms with Gasteiger partial charge >= 0.3 is 12.4 Å². The average molecular weight is 300 g/mol. The summed E-state index contributed by atoms with van der Waals surface area (Å²) in [5, 5.41) is 9.35. The average Bonchev–Trinajstić information content (AvgIpc) is 3.08. The third kappa shape index (κ3) is 1.27. The van der Waals surface area contributed by atoms with Gasteiger partial charge in [-0.3, -0.25) is 0 Å². The van der Waals surface area contributed by atoms with Gasteiger partial charge in [-0.1, -0.05) is 0 Å². The van der Waals surface area contributed by atoms with E-state index >= 15 is 0 Å². The van der Waals surface area contributed by atoms with Gasteiger partial charge in [-0.05, 0) is 60.7 Å². The molecular weight excluding hydrogens is 286 g/mol. The second-order valence-corrected chi connectivity index (χ2v) is 7.35. The van der Waals surface area contributed by atoms with Crippen molar-refractivity contribution in [3.05, 3.63) is 0 Å². The van der Waals surface area contributed by atoms with Crippen molar-refractivity contribution in [2.24, 2.45) is 28.6 Å². The zero-order chi connectivity index (χ0) is 14.8. The molecule has 114 valence electrons. The van der Waals surface area contributed by atoms with E-state index in [4.69, 9.17) is 0 Å². The normalized spacial score (nSPS) is 49.0. The zero-order valence-electron chi connectivity index (χ0n) is 10.5. The lowest BCUT2D eigenvalue weighted by molar-refractivity contribution is -0.373. The topological polar surface area (TPSA) is 20.2 Å². The molecular formula is C13H14F6O. The molecule has 5 atom stereocenters. The molecule has 4 rings (SSSR count). The van der Waals surface area contributed by atoms with Crippen LogP contribution in [0.25, 0.3) is 0 Å². The highest BCUT2D eigenvalue weighted by atomic mass is 19.4. The van der Waals surface area contributed by atoms with E-state index in [1.165, 1.54) is 0 Å². The van der Waals surface area contributed by atoms with E-state index in [9.17, 15) is 31.4 Å². The van der Waals surface area contributed by atoms with Crippen molar-refractivity contribution >= 4 is 0 Å². The number of fused-ring (bicyclic) bond motifs is 1. The minimum absolute atomic E-state index is 0.0334. The first-order chi connectivity index (χ1) is 8.95. The van der Waals surface area contributed by atoms with E-state index in [1.54, 1.807) is 0 Å². The molecule has 0 amide bonds. The quantitative estimate of drug-likeness (QED) is 0.772. The van der Waals surface area contributed by atoms with Gasteiger partial charge in [-0.2, -0.15) is 26.3 Å². The van der Waals surface area contributed by atoms with Crippen LogP contribution in [0.3, 0.4) is 0 Å². The van der Waals surface area contributed by atoms with Crippen molar-refractivity contribution in [3.63, 3.8) is 0 Å². The Kier molecular flexibility index (Phi) is 1.99. The van der Waals surface area contributed by atoms with Crippen LogP contribution in [0.15, 0.2) is 0 Å². The Morgan fingerprint density at radius 3 is 1.95 bits per heavy atom. The van der Waals surface area contributed by atoms with Gasteiger partial charge in [0.25, 0.3) is 5.60 Å². The number of alkyl halides is 6. The van der Waals surface area contributed by atoms with Crippen molar-refractivity contribution in [1.82, 2.24) is 0 Å². The lowest BCUT2D eigenvalue weighted by Crippen LogP contribution is -2.58. The third-order valence-electron chi connectivity index (χ3n) is 6.54. The van der Waals surface area contributed by atoms with Crippen LogP contribution in [-0.2, 0) is 0 Å². The van der Waals surface area contributed by atoms with Gasteiger partial charge in [0.15, 0.2) is 0 Å². The summed E-state index contributed by atoms with van der Waals surface area (Å²) in [6, 6.07) is 0. The molecule has 0 aromatic heterocycles. The van der Waals surface area contributed by atoms with E-state index in [2.05, 4.69) is 0 Å². The van der Waals surface area contributed by atoms with Crippen LogP contribution in [0.5, 0.6) is 0 Å². The highest BCUT2D eigenvalue weighted by molar-refractivity contribution is 5.33. The second kappa shape index (κ2) is 3.01. The standard InChI is InChI=1S/C13H14F6O/c14-12(15,16)11(20,13(17,18)19)2-6-1-9-3-7(9)8-4-10(6,8)5-9/h6-8,20H,1-5H2. The van der Waals surface area contributed by atoms with Gasteiger partial charge in [-0.25, -0.2) is 0 Å². The van der Waals surface area contributed by atoms with Gasteiger partial charge in [0.2, 0.25) is 0 Å². The number of aliphatic hydroxyl groups is 1. The van der Waals surface area contributed by atoms with Crippen molar-refractivity contribution in [3.8, 4) is 0 Å². The molecule has 4 aliphatic carbocycles. The third-order valence-corrected chi connectivity index (χ3v) is 6.54. The van der Waals surface area contributed by atoms with Crippen LogP contribution in [0, 0.1) is 28.6 Å². The maximum atomic E-state index is 12.8. The molecule has 0 radical (unpaired) electrons. The Morgan fingerprint density at radius 1 is 0.900 bits per heavy atom. The summed E-state index contributed by atoms with van der Waals surface area (Å²) in [6.45, 7) is 0. The molecule has 0 aliphatic heterocycles. The lowest BCUT2D eigenvalue weighted by Gasteiger charge is -2.36. The van der Waals surface area contributed by atoms with E-state index < -0.39 is 30.3 Å². The zero-order valence-corrected chi connectivity index (χ0v) is 10.5. The summed E-state index contributed by atoms with van der Waals surface area (Å²) < 4.78 is 76.6. The summed E-state index contributed by atoms with van der Waals surface area (Å²) in [7, 11) is 0. The summed E-state index contributed by atoms with van der Waals surface area (Å²) >= 11 is 0. The molecule has 7 heteroatoms. The van der Waals surface area contributed by atoms with E-state index in [-0.39, 0.29) is 10.8 Å². The summed E-state index contributed by atoms with van der Waals surface area (Å²) in [6.07, 6.45) is -9.62. The highest BCUT2D eigenvalue weighted by Crippen LogP contribution is 2.92. The lowest BCUT2D eigenvalue weighted by atomic mass is 9.78. The largest absolute Gasteiger partial charge is 0.426 e. The van der Waals surface area contributed by atoms with Crippen molar-refractivity contribution < 1.29 is 31.4 Å². The van der Waals surface area contributed by atoms with E-state index in [0.717, 1.165) is 19.3 Å². The van der Waals surface area contributed by atoms with E-state index in [1.807, 2.05) is 0 Å². The maximum absolute atomic E-state index is 12.8. The van der Waals surface area contributed by atoms with Crippen LogP contribution in [0.1, 0.15) is 32.1 Å². The molecule has 0 aromatic carbocycles. The molecule has 4 fully saturated rings. The summed E-state index contributed by atoms with van der Waals surface area (Å²) in [5.74, 6) is 0.232. The van der Waals surface area contributed by atoms with Crippen LogP contribution in [0.4, 0.5) is 26.3 Å². The van der Waals surface area contributed by atoms with Gasteiger partial charge in [0, 0.05) is 0 Å². The molecule has 2 bridgehead atoms. The Balaban J connectivity index is 1.62. The first kappa shape index (κ1) is 13.2. The molecule has 4 saturated carbocycles. The molecule has 0 aromatic rings. The second-order valence-electron chi connectivity index (χ2n) is 7.35. The number of rotatable bonds is 2. The molecule has 1 nitrogen and oxygen atoms in total. The first-order valence-electron chi connectivity index (χ1n) is 6.81. The predicted molar refractivity (Wildman–Crippen MR) is 55.5 cm³/mol. The van der Waals surface area contributed by atoms with Crippen LogP contribution >= 0.6 is 0 Å². The highest BCUT2D eigenvalue weighted by Gasteiger charge is 2.85. The van der Waals surface area contributed by atoms with Gasteiger partial charge in [0.1, 0.15) is 0 Å². The molecule has 1 N–H and O–H groups in total. The fourth-order valence-corrected chi connectivity index (χ4v) is 5.54. The summed E-state index contributed by atoms with van der Waals surface area (Å²) in [4.78, 5) is 0. The smallest absolute Gasteiger partial charge is 0.374 e. The minimum Gasteiger partial charge on any atom is -0.374 e. The fourth-order valence-electron chi connectivity index (χ4n) is 5.54. The Bertz CT molecular complexity index is 468. The number of halogens is 6. The Morgan fingerprint density at radius 2 is 1.50 bits per heavy atom.